The largest absolute Gasteiger partial charge is 0.416 e. The van der Waals surface area contributed by atoms with E-state index < -0.39 is 29.9 Å². The average molecular weight is 616 g/mol. The van der Waals surface area contributed by atoms with Gasteiger partial charge < -0.3 is 25.2 Å². The van der Waals surface area contributed by atoms with E-state index in [0.717, 1.165) is 6.07 Å². The molecule has 4 rings (SSSR count). The molecular formula is C29H35Cl2F3N4O3. The van der Waals surface area contributed by atoms with Crippen LogP contribution < -0.4 is 10.6 Å². The molecule has 0 aliphatic carbocycles. The fraction of sp³-hybridized carbons (Fsp3) is 0.517. The third kappa shape index (κ3) is 7.10. The molecule has 2 aliphatic rings. The lowest BCUT2D eigenvalue weighted by atomic mass is 9.94. The number of anilines is 1. The normalized spacial score (nSPS) is 18.5. The van der Waals surface area contributed by atoms with Gasteiger partial charge in [0.15, 0.2) is 0 Å². The molecule has 3 atom stereocenters. The van der Waals surface area contributed by atoms with E-state index in [-0.39, 0.29) is 23.8 Å². The van der Waals surface area contributed by atoms with Gasteiger partial charge in [0.25, 0.3) is 0 Å². The highest BCUT2D eigenvalue weighted by molar-refractivity contribution is 6.35. The van der Waals surface area contributed by atoms with Crippen LogP contribution in [0.15, 0.2) is 36.4 Å². The molecule has 41 heavy (non-hydrogen) atoms. The summed E-state index contributed by atoms with van der Waals surface area (Å²) in [5.74, 6) is -0.280. The fourth-order valence-corrected chi connectivity index (χ4v) is 6.15. The number of halogens is 5. The first-order chi connectivity index (χ1) is 19.4. The van der Waals surface area contributed by atoms with E-state index >= 15 is 0 Å². The molecule has 0 spiro atoms. The number of hydrogen-bond donors (Lipinski definition) is 1. The second kappa shape index (κ2) is 13.2. The number of ether oxygens (including phenoxy) is 1. The summed E-state index contributed by atoms with van der Waals surface area (Å²) in [5.41, 5.74) is 6.49. The number of hydrogen-bond acceptors (Lipinski definition) is 5. The molecule has 2 aromatic rings. The van der Waals surface area contributed by atoms with Crippen molar-refractivity contribution in [2.24, 2.45) is 5.73 Å². The number of methoxy groups -OCH3 is 1. The molecule has 224 valence electrons. The third-order valence-corrected chi connectivity index (χ3v) is 8.55. The molecule has 0 aromatic heterocycles. The number of alkyl halides is 3. The summed E-state index contributed by atoms with van der Waals surface area (Å²) < 4.78 is 47.5. The van der Waals surface area contributed by atoms with E-state index in [1.165, 1.54) is 13.2 Å². The van der Waals surface area contributed by atoms with E-state index in [0.29, 0.717) is 73.3 Å². The predicted octanol–water partition coefficient (Wildman–Crippen LogP) is 5.32. The van der Waals surface area contributed by atoms with Crippen LogP contribution in [-0.2, 0) is 26.9 Å². The summed E-state index contributed by atoms with van der Waals surface area (Å²) in [6.07, 6.45) is -3.36. The summed E-state index contributed by atoms with van der Waals surface area (Å²) in [5, 5.41) is 0.897. The van der Waals surface area contributed by atoms with Crippen molar-refractivity contribution in [2.45, 2.75) is 57.0 Å². The van der Waals surface area contributed by atoms with Gasteiger partial charge in [-0.1, -0.05) is 42.3 Å². The van der Waals surface area contributed by atoms with Crippen molar-refractivity contribution >= 4 is 40.7 Å². The zero-order chi connectivity index (χ0) is 29.9. The molecule has 12 heteroatoms. The van der Waals surface area contributed by atoms with Crippen LogP contribution in [0.5, 0.6) is 0 Å². The van der Waals surface area contributed by atoms with Gasteiger partial charge >= 0.3 is 6.18 Å². The van der Waals surface area contributed by atoms with Crippen molar-refractivity contribution in [3.63, 3.8) is 0 Å². The molecule has 2 aromatic carbocycles. The second-order valence-corrected chi connectivity index (χ2v) is 11.3. The Bertz CT molecular complexity index is 1250. The first kappa shape index (κ1) is 31.4. The number of carbonyl (C=O) groups is 2. The van der Waals surface area contributed by atoms with E-state index in [1.807, 2.05) is 11.8 Å². The smallest absolute Gasteiger partial charge is 0.379 e. The Kier molecular flexibility index (Phi) is 10.1. The van der Waals surface area contributed by atoms with E-state index in [4.69, 9.17) is 33.7 Å². The number of benzene rings is 2. The Balaban J connectivity index is 1.51. The van der Waals surface area contributed by atoms with Crippen molar-refractivity contribution in [1.29, 1.82) is 0 Å². The first-order valence-electron chi connectivity index (χ1n) is 13.7. The molecule has 2 fully saturated rings. The predicted molar refractivity (Wildman–Crippen MR) is 153 cm³/mol. The van der Waals surface area contributed by atoms with Crippen LogP contribution in [0.1, 0.15) is 48.9 Å². The van der Waals surface area contributed by atoms with E-state index in [9.17, 15) is 22.8 Å². The van der Waals surface area contributed by atoms with Crippen molar-refractivity contribution in [3.05, 3.63) is 63.1 Å². The molecule has 7 nitrogen and oxygen atoms in total. The Hall–Kier alpha value is -2.53. The average Bonchev–Trinajstić information content (AvgIpc) is 3.37. The number of likely N-dealkylation sites (tertiary alicyclic amines) is 1. The highest BCUT2D eigenvalue weighted by Crippen LogP contribution is 2.38. The van der Waals surface area contributed by atoms with Gasteiger partial charge in [0.05, 0.1) is 17.7 Å². The molecule has 2 heterocycles. The second-order valence-electron chi connectivity index (χ2n) is 10.4. The minimum Gasteiger partial charge on any atom is -0.379 e. The minimum absolute atomic E-state index is 0.0113. The first-order valence-corrected chi connectivity index (χ1v) is 14.5. The van der Waals surface area contributed by atoms with Crippen LogP contribution in [0, 0.1) is 0 Å². The van der Waals surface area contributed by atoms with Crippen molar-refractivity contribution in [1.82, 2.24) is 9.80 Å². The SMILES string of the molecule is CCC(OC)C(N)c1ccc(N2CCN(C(=O)C(Cc3ccc(Cl)cc3Cl)N3CCCC3=O)CC2)cc1C(F)(F)F. The van der Waals surface area contributed by atoms with E-state index in [1.54, 1.807) is 34.1 Å². The molecule has 0 saturated carbocycles. The topological polar surface area (TPSA) is 79.1 Å². The summed E-state index contributed by atoms with van der Waals surface area (Å²) in [4.78, 5) is 31.5. The molecule has 0 radical (unpaired) electrons. The number of nitrogens with zero attached hydrogens (tertiary/aromatic N) is 3. The number of rotatable bonds is 9. The van der Waals surface area contributed by atoms with Crippen LogP contribution in [0.25, 0.3) is 0 Å². The van der Waals surface area contributed by atoms with E-state index in [2.05, 4.69) is 0 Å². The Labute approximate surface area is 248 Å². The third-order valence-electron chi connectivity index (χ3n) is 7.96. The fourth-order valence-electron chi connectivity index (χ4n) is 5.67. The number of amides is 2. The van der Waals surface area contributed by atoms with Gasteiger partial charge in [-0.15, -0.1) is 0 Å². The maximum atomic E-state index is 14.1. The Morgan fingerprint density at radius 2 is 1.78 bits per heavy atom. The van der Waals surface area contributed by atoms with Crippen molar-refractivity contribution < 1.29 is 27.5 Å². The van der Waals surface area contributed by atoms with Crippen LogP contribution in [0.4, 0.5) is 18.9 Å². The zero-order valence-electron chi connectivity index (χ0n) is 23.1. The van der Waals surface area contributed by atoms with Gasteiger partial charge in [-0.3, -0.25) is 9.59 Å². The van der Waals surface area contributed by atoms with Crippen LogP contribution in [0.3, 0.4) is 0 Å². The Morgan fingerprint density at radius 1 is 1.07 bits per heavy atom. The highest BCUT2D eigenvalue weighted by atomic mass is 35.5. The minimum atomic E-state index is -4.59. The summed E-state index contributed by atoms with van der Waals surface area (Å²) >= 11 is 12.4. The maximum Gasteiger partial charge on any atom is 0.416 e. The van der Waals surface area contributed by atoms with Crippen molar-refractivity contribution in [3.8, 4) is 0 Å². The van der Waals surface area contributed by atoms with Gasteiger partial charge in [0.1, 0.15) is 6.04 Å². The number of carbonyl (C=O) groups excluding carboxylic acids is 2. The highest BCUT2D eigenvalue weighted by Gasteiger charge is 2.39. The van der Waals surface area contributed by atoms with Crippen molar-refractivity contribution in [2.75, 3.05) is 44.7 Å². The lowest BCUT2D eigenvalue weighted by Crippen LogP contribution is -2.56. The lowest BCUT2D eigenvalue weighted by molar-refractivity contribution is -0.143. The molecule has 2 N–H and O–H groups in total. The van der Waals surface area contributed by atoms with Crippen LogP contribution in [0.2, 0.25) is 10.0 Å². The van der Waals surface area contributed by atoms with Gasteiger partial charge in [0.2, 0.25) is 11.8 Å². The van der Waals surface area contributed by atoms with Gasteiger partial charge in [0, 0.05) is 68.4 Å². The molecular weight excluding hydrogens is 580 g/mol. The standard InChI is InChI=1S/C29H35Cl2F3N4O3/c1-3-25(41-2)27(35)21-9-8-20(17-22(21)29(32,33)34)36-11-13-37(14-12-36)28(40)24(38-10-4-5-26(38)39)15-18-6-7-19(30)16-23(18)31/h6-9,16-17,24-25,27H,3-5,10-15,35H2,1-2H3. The van der Waals surface area contributed by atoms with Gasteiger partial charge in [-0.25, -0.2) is 0 Å². The molecule has 2 aliphatic heterocycles. The summed E-state index contributed by atoms with van der Waals surface area (Å²) in [6.45, 7) is 3.58. The Morgan fingerprint density at radius 3 is 2.34 bits per heavy atom. The maximum absolute atomic E-state index is 14.1. The van der Waals surface area contributed by atoms with Gasteiger partial charge in [-0.05, 0) is 48.2 Å². The van der Waals surface area contributed by atoms with Crippen LogP contribution in [-0.4, -0.2) is 73.6 Å². The number of piperazine rings is 1. The quantitative estimate of drug-likeness (QED) is 0.414. The van der Waals surface area contributed by atoms with Crippen LogP contribution >= 0.6 is 23.2 Å². The number of nitrogens with two attached hydrogens (primary N) is 1. The molecule has 2 amide bonds. The summed E-state index contributed by atoms with van der Waals surface area (Å²) in [6, 6.07) is 7.60. The van der Waals surface area contributed by atoms with Gasteiger partial charge in [-0.2, -0.15) is 13.2 Å². The molecule has 0 bridgehead atoms. The lowest BCUT2D eigenvalue weighted by Gasteiger charge is -2.39. The monoisotopic (exact) mass is 614 g/mol. The zero-order valence-corrected chi connectivity index (χ0v) is 24.6. The molecule has 2 saturated heterocycles. The molecule has 3 unspecified atom stereocenters. The summed E-state index contributed by atoms with van der Waals surface area (Å²) in [7, 11) is 1.44.